The summed E-state index contributed by atoms with van der Waals surface area (Å²) in [6.07, 6.45) is 4.08. The number of hydrogen-bond acceptors (Lipinski definition) is 10. The molecule has 44 heavy (non-hydrogen) atoms. The van der Waals surface area contributed by atoms with Crippen LogP contribution < -0.4 is 15.9 Å². The fourth-order valence-electron chi connectivity index (χ4n) is 6.20. The second-order valence-corrected chi connectivity index (χ2v) is 12.5. The zero-order valence-corrected chi connectivity index (χ0v) is 25.3. The number of benzene rings is 1. The number of hydrogen-bond donors (Lipinski definition) is 1. The Hall–Kier alpha value is -3.94. The second-order valence-electron chi connectivity index (χ2n) is 11.4. The highest BCUT2D eigenvalue weighted by Crippen LogP contribution is 2.42. The minimum Gasteiger partial charge on any atom is -0.384 e. The zero-order chi connectivity index (χ0) is 30.5. The number of anilines is 2. The molecule has 5 heterocycles. The van der Waals surface area contributed by atoms with Gasteiger partial charge in [0.05, 0.1) is 30.0 Å². The largest absolute Gasteiger partial charge is 0.384 e. The number of pyridine rings is 1. The quantitative estimate of drug-likeness (QED) is 0.188. The lowest BCUT2D eigenvalue weighted by Crippen LogP contribution is -2.48. The molecule has 2 bridgehead atoms. The topological polar surface area (TPSA) is 101 Å². The molecule has 228 valence electrons. The van der Waals surface area contributed by atoms with Crippen molar-refractivity contribution in [2.45, 2.75) is 43.3 Å². The van der Waals surface area contributed by atoms with Crippen LogP contribution in [0.2, 0.25) is 0 Å². The lowest BCUT2D eigenvalue weighted by Gasteiger charge is -2.35. The minimum atomic E-state index is -0.706. The van der Waals surface area contributed by atoms with Crippen molar-refractivity contribution in [2.75, 3.05) is 48.9 Å². The maximum absolute atomic E-state index is 16.2. The number of aromatic nitrogens is 5. The highest BCUT2D eigenvalue weighted by Gasteiger charge is 2.50. The molecule has 0 spiro atoms. The summed E-state index contributed by atoms with van der Waals surface area (Å²) in [5.74, 6) is -0.468. The van der Waals surface area contributed by atoms with Gasteiger partial charge >= 0.3 is 5.69 Å². The van der Waals surface area contributed by atoms with E-state index in [0.717, 1.165) is 6.42 Å². The second kappa shape index (κ2) is 11.5. The van der Waals surface area contributed by atoms with E-state index in [-0.39, 0.29) is 34.9 Å². The molecule has 7 rings (SSSR count). The molecule has 1 saturated heterocycles. The molecule has 1 saturated carbocycles. The predicted molar refractivity (Wildman–Crippen MR) is 167 cm³/mol. The fourth-order valence-corrected chi connectivity index (χ4v) is 7.05. The van der Waals surface area contributed by atoms with Gasteiger partial charge in [0.25, 0.3) is 0 Å². The molecule has 4 aromatic rings. The maximum Gasteiger partial charge on any atom is 0.355 e. The van der Waals surface area contributed by atoms with Crippen LogP contribution in [0.1, 0.15) is 31.9 Å². The Morgan fingerprint density at radius 3 is 2.86 bits per heavy atom. The number of nitrogens with one attached hydrogen (secondary N) is 1. The van der Waals surface area contributed by atoms with Gasteiger partial charge in [0.1, 0.15) is 34.4 Å². The molecule has 0 radical (unpaired) electrons. The predicted octanol–water partition coefficient (Wildman–Crippen LogP) is 4.58. The Labute approximate surface area is 257 Å². The summed E-state index contributed by atoms with van der Waals surface area (Å²) in [7, 11) is 0. The average Bonchev–Trinajstić information content (AvgIpc) is 3.81. The molecule has 1 N–H and O–H groups in total. The zero-order valence-electron chi connectivity index (χ0n) is 24.5. The lowest BCUT2D eigenvalue weighted by molar-refractivity contribution is 0.0337. The Morgan fingerprint density at radius 1 is 1.18 bits per heavy atom. The Bertz CT molecular complexity index is 1830. The van der Waals surface area contributed by atoms with Crippen molar-refractivity contribution in [1.29, 1.82) is 0 Å². The summed E-state index contributed by atoms with van der Waals surface area (Å²) < 4.78 is 38.7. The fraction of sp³-hybridized carbons (Fsp3) is 0.387. The van der Waals surface area contributed by atoms with Crippen LogP contribution >= 0.6 is 11.8 Å². The molecule has 2 atom stereocenters. The number of nitrogens with zero attached hydrogens (tertiary/aromatic N) is 7. The molecule has 10 nitrogen and oxygen atoms in total. The molecule has 2 aliphatic heterocycles. The van der Waals surface area contributed by atoms with E-state index in [0.29, 0.717) is 72.0 Å². The van der Waals surface area contributed by atoms with Gasteiger partial charge < -0.3 is 15.0 Å². The van der Waals surface area contributed by atoms with Crippen molar-refractivity contribution in [3.63, 3.8) is 0 Å². The SMILES string of the molecule is C=CCOCN1CCN(c2nc(=O)n3c4nc(c(F)cc24)-c2c(F)cccc2NCCSc2ncnc(C(C)C)c2-3)[C@@H]2C[C@@H]21. The highest BCUT2D eigenvalue weighted by atomic mass is 32.2. The van der Waals surface area contributed by atoms with Crippen LogP contribution in [0.25, 0.3) is 28.0 Å². The molecule has 1 aromatic carbocycles. The van der Waals surface area contributed by atoms with Gasteiger partial charge in [-0.15, -0.1) is 18.3 Å². The van der Waals surface area contributed by atoms with Crippen LogP contribution in [0.15, 0.2) is 53.1 Å². The van der Waals surface area contributed by atoms with Crippen LogP contribution in [0.3, 0.4) is 0 Å². The number of thioether (sulfide) groups is 1. The van der Waals surface area contributed by atoms with E-state index >= 15 is 8.78 Å². The number of rotatable bonds is 6. The number of fused-ring (bicyclic) bond motifs is 6. The van der Waals surface area contributed by atoms with Crippen LogP contribution in [0.5, 0.6) is 0 Å². The van der Waals surface area contributed by atoms with E-state index in [9.17, 15) is 4.79 Å². The van der Waals surface area contributed by atoms with Crippen molar-refractivity contribution >= 4 is 34.3 Å². The van der Waals surface area contributed by atoms with Crippen LogP contribution in [0.4, 0.5) is 20.3 Å². The molecular formula is C31H32F2N8O2S. The summed E-state index contributed by atoms with van der Waals surface area (Å²) in [6.45, 7) is 10.3. The normalized spacial score (nSPS) is 19.5. The summed E-state index contributed by atoms with van der Waals surface area (Å²) in [5, 5.41) is 4.19. The van der Waals surface area contributed by atoms with Crippen LogP contribution in [0, 0.1) is 11.6 Å². The first-order chi connectivity index (χ1) is 21.4. The van der Waals surface area contributed by atoms with Gasteiger partial charge in [-0.25, -0.2) is 33.1 Å². The van der Waals surface area contributed by atoms with Crippen molar-refractivity contribution in [1.82, 2.24) is 29.4 Å². The number of ether oxygens (including phenoxy) is 1. The van der Waals surface area contributed by atoms with Gasteiger partial charge in [-0.2, -0.15) is 4.98 Å². The first-order valence-electron chi connectivity index (χ1n) is 14.7. The van der Waals surface area contributed by atoms with Crippen molar-refractivity contribution in [2.24, 2.45) is 0 Å². The van der Waals surface area contributed by atoms with Gasteiger partial charge in [-0.1, -0.05) is 26.0 Å². The summed E-state index contributed by atoms with van der Waals surface area (Å²) in [6, 6.07) is 6.21. The molecule has 0 amide bonds. The molecule has 13 heteroatoms. The molecule has 2 fully saturated rings. The van der Waals surface area contributed by atoms with E-state index in [1.165, 1.54) is 34.8 Å². The molecule has 1 aliphatic carbocycles. The van der Waals surface area contributed by atoms with E-state index in [1.807, 2.05) is 13.8 Å². The molecular weight excluding hydrogens is 586 g/mol. The smallest absolute Gasteiger partial charge is 0.355 e. The number of piperazine rings is 1. The van der Waals surface area contributed by atoms with E-state index in [2.05, 4.69) is 36.6 Å². The summed E-state index contributed by atoms with van der Waals surface area (Å²) in [5.41, 5.74) is 0.956. The van der Waals surface area contributed by atoms with Gasteiger partial charge in [0.2, 0.25) is 0 Å². The van der Waals surface area contributed by atoms with E-state index in [1.54, 1.807) is 18.2 Å². The Morgan fingerprint density at radius 2 is 2.05 bits per heavy atom. The first-order valence-corrected chi connectivity index (χ1v) is 15.7. The van der Waals surface area contributed by atoms with Crippen molar-refractivity contribution in [3.05, 3.63) is 71.1 Å². The standard InChI is InChI=1S/C31H32F2N8O2S/c1-4-11-43-16-39-9-10-40(23-14-22(23)39)28-18-13-20(33)26-24-19(32)6-5-7-21(24)34-8-12-44-30-27(25(17(2)3)35-15-36-30)41(29(18)37-26)31(42)38-28/h4-7,13,15,17,22-23,34H,1,8-12,14,16H2,2-3H3/t22-,23+/m0/s1. The average molecular weight is 619 g/mol. The third-order valence-electron chi connectivity index (χ3n) is 8.28. The minimum absolute atomic E-state index is 0.0128. The van der Waals surface area contributed by atoms with Crippen molar-refractivity contribution < 1.29 is 13.5 Å². The third kappa shape index (κ3) is 4.92. The van der Waals surface area contributed by atoms with E-state index in [4.69, 9.17) is 9.72 Å². The third-order valence-corrected chi connectivity index (χ3v) is 9.26. The lowest BCUT2D eigenvalue weighted by atomic mass is 10.1. The molecule has 3 aromatic heterocycles. The Kier molecular flexibility index (Phi) is 7.55. The Balaban J connectivity index is 1.47. The van der Waals surface area contributed by atoms with Gasteiger partial charge in [0, 0.05) is 43.2 Å². The molecule has 0 unspecified atom stereocenters. The molecule has 3 aliphatic rings. The van der Waals surface area contributed by atoms with Gasteiger partial charge in [0.15, 0.2) is 11.5 Å². The number of halogens is 2. The van der Waals surface area contributed by atoms with Crippen LogP contribution in [-0.4, -0.2) is 80.2 Å². The monoisotopic (exact) mass is 618 g/mol. The maximum atomic E-state index is 16.2. The van der Waals surface area contributed by atoms with Crippen LogP contribution in [-0.2, 0) is 4.74 Å². The summed E-state index contributed by atoms with van der Waals surface area (Å²) in [4.78, 5) is 36.9. The summed E-state index contributed by atoms with van der Waals surface area (Å²) >= 11 is 1.45. The first kappa shape index (κ1) is 28.8. The van der Waals surface area contributed by atoms with Gasteiger partial charge in [-0.05, 0) is 30.5 Å². The van der Waals surface area contributed by atoms with E-state index < -0.39 is 17.3 Å². The van der Waals surface area contributed by atoms with Gasteiger partial charge in [-0.3, -0.25) is 4.90 Å². The highest BCUT2D eigenvalue weighted by molar-refractivity contribution is 7.99. The van der Waals surface area contributed by atoms with Crippen molar-refractivity contribution in [3.8, 4) is 16.9 Å².